The van der Waals surface area contributed by atoms with Gasteiger partial charge in [0.1, 0.15) is 5.82 Å². The third-order valence-corrected chi connectivity index (χ3v) is 3.61. The quantitative estimate of drug-likeness (QED) is 0.801. The van der Waals surface area contributed by atoms with Crippen molar-refractivity contribution >= 4 is 11.7 Å². The molecule has 1 aromatic rings. The van der Waals surface area contributed by atoms with Gasteiger partial charge in [0.15, 0.2) is 5.69 Å². The number of rotatable bonds is 3. The van der Waals surface area contributed by atoms with E-state index in [2.05, 4.69) is 22.4 Å². The first-order chi connectivity index (χ1) is 8.66. The number of carbonyl (C=O) groups is 1. The number of nitrogens with two attached hydrogens (primary N) is 1. The van der Waals surface area contributed by atoms with Crippen LogP contribution in [0.4, 0.5) is 5.82 Å². The molecule has 0 spiro atoms. The van der Waals surface area contributed by atoms with Crippen molar-refractivity contribution in [3.05, 3.63) is 17.8 Å². The monoisotopic (exact) mass is 248 g/mol. The minimum absolute atomic E-state index is 0.203. The van der Waals surface area contributed by atoms with Crippen LogP contribution in [0.15, 0.2) is 12.1 Å². The molecule has 2 unspecified atom stereocenters. The molecule has 98 valence electrons. The second-order valence-electron chi connectivity index (χ2n) is 5.03. The normalized spacial score (nSPS) is 24.3. The van der Waals surface area contributed by atoms with Crippen LogP contribution in [0.2, 0.25) is 0 Å². The van der Waals surface area contributed by atoms with E-state index in [-0.39, 0.29) is 5.69 Å². The molecule has 0 radical (unpaired) electrons. The van der Waals surface area contributed by atoms with Gasteiger partial charge in [-0.15, -0.1) is 10.2 Å². The number of primary amides is 1. The van der Waals surface area contributed by atoms with Gasteiger partial charge >= 0.3 is 0 Å². The Hall–Kier alpha value is -1.65. The Kier molecular flexibility index (Phi) is 4.12. The minimum Gasteiger partial charge on any atom is -0.366 e. The molecule has 1 fully saturated rings. The second kappa shape index (κ2) is 5.80. The summed E-state index contributed by atoms with van der Waals surface area (Å²) in [6.45, 7) is 2.27. The minimum atomic E-state index is -0.545. The van der Waals surface area contributed by atoms with Gasteiger partial charge in [-0.05, 0) is 30.9 Å². The van der Waals surface area contributed by atoms with Crippen molar-refractivity contribution in [2.45, 2.75) is 45.1 Å². The predicted molar refractivity (Wildman–Crippen MR) is 70.2 cm³/mol. The Morgan fingerprint density at radius 2 is 2.06 bits per heavy atom. The van der Waals surface area contributed by atoms with Gasteiger partial charge in [-0.2, -0.15) is 0 Å². The van der Waals surface area contributed by atoms with E-state index in [4.69, 9.17) is 5.73 Å². The van der Waals surface area contributed by atoms with Crippen LogP contribution >= 0.6 is 0 Å². The molecule has 1 aliphatic carbocycles. The van der Waals surface area contributed by atoms with E-state index in [1.165, 1.54) is 32.1 Å². The zero-order valence-corrected chi connectivity index (χ0v) is 10.7. The number of nitrogens with one attached hydrogen (secondary N) is 1. The summed E-state index contributed by atoms with van der Waals surface area (Å²) < 4.78 is 0. The zero-order chi connectivity index (χ0) is 13.0. The molecule has 2 rings (SSSR count). The summed E-state index contributed by atoms with van der Waals surface area (Å²) in [5, 5.41) is 11.2. The van der Waals surface area contributed by atoms with Crippen molar-refractivity contribution in [1.29, 1.82) is 0 Å². The summed E-state index contributed by atoms with van der Waals surface area (Å²) >= 11 is 0. The molecule has 1 aliphatic rings. The number of hydrogen-bond acceptors (Lipinski definition) is 4. The first-order valence-corrected chi connectivity index (χ1v) is 6.57. The van der Waals surface area contributed by atoms with Crippen LogP contribution in [0.1, 0.15) is 49.5 Å². The Bertz CT molecular complexity index is 404. The lowest BCUT2D eigenvalue weighted by Gasteiger charge is -2.23. The average Bonchev–Trinajstić information content (AvgIpc) is 2.56. The summed E-state index contributed by atoms with van der Waals surface area (Å²) in [5.41, 5.74) is 5.33. The van der Waals surface area contributed by atoms with Crippen LogP contribution < -0.4 is 11.1 Å². The zero-order valence-electron chi connectivity index (χ0n) is 10.7. The molecule has 0 aliphatic heterocycles. The number of hydrogen-bond donors (Lipinski definition) is 2. The first kappa shape index (κ1) is 12.8. The molecule has 0 bridgehead atoms. The van der Waals surface area contributed by atoms with Crippen LogP contribution in [0.3, 0.4) is 0 Å². The second-order valence-corrected chi connectivity index (χ2v) is 5.03. The van der Waals surface area contributed by atoms with Crippen molar-refractivity contribution < 1.29 is 4.79 Å². The maximum Gasteiger partial charge on any atom is 0.269 e. The largest absolute Gasteiger partial charge is 0.366 e. The van der Waals surface area contributed by atoms with Crippen molar-refractivity contribution in [1.82, 2.24) is 10.2 Å². The summed E-state index contributed by atoms with van der Waals surface area (Å²) in [7, 11) is 0. The number of carbonyl (C=O) groups excluding carboxylic acids is 1. The van der Waals surface area contributed by atoms with E-state index in [9.17, 15) is 4.79 Å². The fourth-order valence-electron chi connectivity index (χ4n) is 2.44. The summed E-state index contributed by atoms with van der Waals surface area (Å²) in [5.74, 6) is 0.820. The van der Waals surface area contributed by atoms with E-state index in [1.807, 2.05) is 0 Å². The number of amides is 1. The molecule has 0 saturated heterocycles. The lowest BCUT2D eigenvalue weighted by molar-refractivity contribution is 0.0994. The van der Waals surface area contributed by atoms with Crippen molar-refractivity contribution in [2.24, 2.45) is 11.7 Å². The SMILES string of the molecule is CC1CCCCCC1Nc1ccc(C(N)=O)nn1. The number of aromatic nitrogens is 2. The van der Waals surface area contributed by atoms with Crippen LogP contribution in [0, 0.1) is 5.92 Å². The maximum atomic E-state index is 10.9. The Morgan fingerprint density at radius 3 is 2.72 bits per heavy atom. The predicted octanol–water partition coefficient (Wildman–Crippen LogP) is 1.96. The molecule has 1 amide bonds. The number of anilines is 1. The van der Waals surface area contributed by atoms with Gasteiger partial charge in [0, 0.05) is 6.04 Å². The van der Waals surface area contributed by atoms with Gasteiger partial charge in [0.25, 0.3) is 5.91 Å². The maximum absolute atomic E-state index is 10.9. The van der Waals surface area contributed by atoms with Crippen molar-refractivity contribution in [3.8, 4) is 0 Å². The smallest absolute Gasteiger partial charge is 0.269 e. The van der Waals surface area contributed by atoms with Gasteiger partial charge in [-0.25, -0.2) is 0 Å². The molecular formula is C13H20N4O. The molecule has 5 nitrogen and oxygen atoms in total. The standard InChI is InChI=1S/C13H20N4O/c1-9-5-3-2-4-6-10(9)15-12-8-7-11(13(14)18)16-17-12/h7-10H,2-6H2,1H3,(H2,14,18)(H,15,17). The highest BCUT2D eigenvalue weighted by molar-refractivity contribution is 5.90. The molecule has 18 heavy (non-hydrogen) atoms. The molecule has 3 N–H and O–H groups in total. The molecule has 1 heterocycles. The van der Waals surface area contributed by atoms with Gasteiger partial charge in [-0.1, -0.05) is 26.2 Å². The van der Waals surface area contributed by atoms with Gasteiger partial charge < -0.3 is 11.1 Å². The fraction of sp³-hybridized carbons (Fsp3) is 0.615. The van der Waals surface area contributed by atoms with E-state index < -0.39 is 5.91 Å². The Labute approximate surface area is 107 Å². The Balaban J connectivity index is 2.01. The highest BCUT2D eigenvalue weighted by Crippen LogP contribution is 2.25. The first-order valence-electron chi connectivity index (χ1n) is 6.57. The average molecular weight is 248 g/mol. The van der Waals surface area contributed by atoms with E-state index in [0.29, 0.717) is 12.0 Å². The third kappa shape index (κ3) is 3.18. The highest BCUT2D eigenvalue weighted by Gasteiger charge is 2.20. The van der Waals surface area contributed by atoms with Crippen molar-refractivity contribution in [3.63, 3.8) is 0 Å². The van der Waals surface area contributed by atoms with Crippen LogP contribution in [0.5, 0.6) is 0 Å². The lowest BCUT2D eigenvalue weighted by Crippen LogP contribution is -2.27. The molecule has 5 heteroatoms. The number of nitrogens with zero attached hydrogens (tertiary/aromatic N) is 2. The molecule has 2 atom stereocenters. The fourth-order valence-corrected chi connectivity index (χ4v) is 2.44. The molecular weight excluding hydrogens is 228 g/mol. The summed E-state index contributed by atoms with van der Waals surface area (Å²) in [4.78, 5) is 10.9. The Morgan fingerprint density at radius 1 is 1.28 bits per heavy atom. The van der Waals surface area contributed by atoms with Crippen LogP contribution in [-0.4, -0.2) is 22.1 Å². The summed E-state index contributed by atoms with van der Waals surface area (Å²) in [6, 6.07) is 3.82. The van der Waals surface area contributed by atoms with E-state index >= 15 is 0 Å². The third-order valence-electron chi connectivity index (χ3n) is 3.61. The van der Waals surface area contributed by atoms with Gasteiger partial charge in [0.05, 0.1) is 0 Å². The highest BCUT2D eigenvalue weighted by atomic mass is 16.1. The van der Waals surface area contributed by atoms with Crippen LogP contribution in [-0.2, 0) is 0 Å². The van der Waals surface area contributed by atoms with Gasteiger partial charge in [0.2, 0.25) is 0 Å². The molecule has 0 aromatic carbocycles. The topological polar surface area (TPSA) is 80.9 Å². The molecule has 1 aromatic heterocycles. The summed E-state index contributed by atoms with van der Waals surface area (Å²) in [6.07, 6.45) is 6.31. The van der Waals surface area contributed by atoms with Crippen LogP contribution in [0.25, 0.3) is 0 Å². The van der Waals surface area contributed by atoms with E-state index in [1.54, 1.807) is 12.1 Å². The van der Waals surface area contributed by atoms with Gasteiger partial charge in [-0.3, -0.25) is 4.79 Å². The van der Waals surface area contributed by atoms with E-state index in [0.717, 1.165) is 5.82 Å². The van der Waals surface area contributed by atoms with Crippen molar-refractivity contribution in [2.75, 3.05) is 5.32 Å². The molecule has 1 saturated carbocycles. The lowest BCUT2D eigenvalue weighted by atomic mass is 9.97.